The Kier molecular flexibility index (Phi) is 3.52. The van der Waals surface area contributed by atoms with Crippen molar-refractivity contribution in [1.29, 1.82) is 0 Å². The molecule has 2 aromatic carbocycles. The lowest BCUT2D eigenvalue weighted by molar-refractivity contribution is 0.569. The third-order valence-corrected chi connectivity index (χ3v) is 3.75. The van der Waals surface area contributed by atoms with Crippen molar-refractivity contribution in [2.75, 3.05) is 0 Å². The van der Waals surface area contributed by atoms with Crippen LogP contribution in [0.25, 0.3) is 10.8 Å². The molecule has 3 rings (SSSR count). The van der Waals surface area contributed by atoms with Crippen LogP contribution in [0.2, 0.25) is 0 Å². The topological polar surface area (TPSA) is 43.8 Å². The summed E-state index contributed by atoms with van der Waals surface area (Å²) in [6.07, 6.45) is 2.65. The van der Waals surface area contributed by atoms with Gasteiger partial charge < -0.3 is 5.73 Å². The molecule has 0 aliphatic carbocycles. The Bertz CT molecular complexity index is 710. The lowest BCUT2D eigenvalue weighted by atomic mass is 9.98. The fourth-order valence-corrected chi connectivity index (χ4v) is 2.73. The number of nitrogens with zero attached hydrogens (tertiary/aromatic N) is 2. The smallest absolute Gasteiger partial charge is 0.0554 e. The molecule has 0 aliphatic heterocycles. The van der Waals surface area contributed by atoms with Crippen LogP contribution in [0.1, 0.15) is 24.2 Å². The van der Waals surface area contributed by atoms with Crippen LogP contribution in [0.15, 0.2) is 54.7 Å². The molecule has 1 unspecified atom stereocenters. The van der Waals surface area contributed by atoms with Crippen LogP contribution < -0.4 is 5.73 Å². The molecule has 0 amide bonds. The Labute approximate surface area is 119 Å². The third-order valence-electron chi connectivity index (χ3n) is 3.75. The molecule has 1 aromatic heterocycles. The van der Waals surface area contributed by atoms with Crippen LogP contribution in [-0.4, -0.2) is 9.78 Å². The minimum absolute atomic E-state index is 0.0248. The van der Waals surface area contributed by atoms with E-state index in [0.29, 0.717) is 0 Å². The summed E-state index contributed by atoms with van der Waals surface area (Å²) in [5.74, 6) is 0. The van der Waals surface area contributed by atoms with Crippen molar-refractivity contribution in [2.45, 2.75) is 25.9 Å². The Morgan fingerprint density at radius 3 is 2.75 bits per heavy atom. The highest BCUT2D eigenvalue weighted by Gasteiger charge is 2.13. The van der Waals surface area contributed by atoms with Gasteiger partial charge in [0.2, 0.25) is 0 Å². The first-order valence-electron chi connectivity index (χ1n) is 7.03. The highest BCUT2D eigenvalue weighted by molar-refractivity contribution is 5.85. The summed E-state index contributed by atoms with van der Waals surface area (Å²) in [5.41, 5.74) is 8.77. The van der Waals surface area contributed by atoms with E-state index in [4.69, 9.17) is 5.73 Å². The van der Waals surface area contributed by atoms with Crippen LogP contribution in [0.4, 0.5) is 0 Å². The molecule has 0 saturated heterocycles. The van der Waals surface area contributed by atoms with Crippen LogP contribution in [0, 0.1) is 0 Å². The fourth-order valence-electron chi connectivity index (χ4n) is 2.73. The van der Waals surface area contributed by atoms with Gasteiger partial charge in [-0.15, -0.1) is 0 Å². The monoisotopic (exact) mass is 265 g/mol. The van der Waals surface area contributed by atoms with Gasteiger partial charge in [-0.2, -0.15) is 5.10 Å². The second-order valence-electron chi connectivity index (χ2n) is 5.02. The predicted octanol–water partition coefficient (Wildman–Crippen LogP) is 3.30. The highest BCUT2D eigenvalue weighted by Crippen LogP contribution is 2.23. The van der Waals surface area contributed by atoms with Gasteiger partial charge in [0.1, 0.15) is 0 Å². The largest absolute Gasteiger partial charge is 0.322 e. The molecular formula is C17H19N3. The van der Waals surface area contributed by atoms with Gasteiger partial charge in [0.15, 0.2) is 0 Å². The Balaban J connectivity index is 1.93. The summed E-state index contributed by atoms with van der Waals surface area (Å²) < 4.78 is 1.97. The zero-order valence-corrected chi connectivity index (χ0v) is 11.7. The molecule has 102 valence electrons. The van der Waals surface area contributed by atoms with E-state index < -0.39 is 0 Å². The SMILES string of the molecule is CCn1nccc1C(N)Cc1cccc2ccccc12. The third kappa shape index (κ3) is 2.32. The maximum atomic E-state index is 6.38. The number of rotatable bonds is 4. The summed E-state index contributed by atoms with van der Waals surface area (Å²) >= 11 is 0. The first-order valence-corrected chi connectivity index (χ1v) is 7.03. The average molecular weight is 265 g/mol. The van der Waals surface area contributed by atoms with Crippen molar-refractivity contribution in [3.63, 3.8) is 0 Å². The molecular weight excluding hydrogens is 246 g/mol. The van der Waals surface area contributed by atoms with Crippen molar-refractivity contribution in [3.05, 3.63) is 66.0 Å². The first-order chi connectivity index (χ1) is 9.79. The molecule has 0 bridgehead atoms. The molecule has 0 radical (unpaired) electrons. The molecule has 0 aliphatic rings. The normalized spacial score (nSPS) is 12.7. The molecule has 3 nitrogen and oxygen atoms in total. The molecule has 2 N–H and O–H groups in total. The van der Waals surface area contributed by atoms with E-state index in [1.165, 1.54) is 16.3 Å². The number of nitrogens with two attached hydrogens (primary N) is 1. The van der Waals surface area contributed by atoms with E-state index in [-0.39, 0.29) is 6.04 Å². The molecule has 1 atom stereocenters. The van der Waals surface area contributed by atoms with E-state index in [2.05, 4.69) is 54.5 Å². The van der Waals surface area contributed by atoms with Crippen LogP contribution in [0.3, 0.4) is 0 Å². The second-order valence-corrected chi connectivity index (χ2v) is 5.02. The highest BCUT2D eigenvalue weighted by atomic mass is 15.3. The Morgan fingerprint density at radius 1 is 1.10 bits per heavy atom. The van der Waals surface area contributed by atoms with Crippen LogP contribution in [-0.2, 0) is 13.0 Å². The van der Waals surface area contributed by atoms with Gasteiger partial charge in [-0.25, -0.2) is 0 Å². The number of hydrogen-bond acceptors (Lipinski definition) is 2. The van der Waals surface area contributed by atoms with E-state index in [9.17, 15) is 0 Å². The van der Waals surface area contributed by atoms with Gasteiger partial charge in [-0.1, -0.05) is 42.5 Å². The average Bonchev–Trinajstić information content (AvgIpc) is 2.96. The molecule has 0 fully saturated rings. The summed E-state index contributed by atoms with van der Waals surface area (Å²) in [5, 5.41) is 6.85. The van der Waals surface area contributed by atoms with Gasteiger partial charge in [0, 0.05) is 12.7 Å². The summed E-state index contributed by atoms with van der Waals surface area (Å²) in [4.78, 5) is 0. The van der Waals surface area contributed by atoms with Gasteiger partial charge in [-0.3, -0.25) is 4.68 Å². The van der Waals surface area contributed by atoms with Gasteiger partial charge in [-0.05, 0) is 35.7 Å². The van der Waals surface area contributed by atoms with Crippen molar-refractivity contribution in [2.24, 2.45) is 5.73 Å². The minimum Gasteiger partial charge on any atom is -0.322 e. The Morgan fingerprint density at radius 2 is 1.90 bits per heavy atom. The van der Waals surface area contributed by atoms with Crippen molar-refractivity contribution in [3.8, 4) is 0 Å². The van der Waals surface area contributed by atoms with Crippen molar-refractivity contribution >= 4 is 10.8 Å². The van der Waals surface area contributed by atoms with E-state index in [0.717, 1.165) is 18.7 Å². The summed E-state index contributed by atoms with van der Waals surface area (Å²) in [7, 11) is 0. The number of aryl methyl sites for hydroxylation is 1. The number of benzene rings is 2. The quantitative estimate of drug-likeness (QED) is 0.786. The molecule has 20 heavy (non-hydrogen) atoms. The number of hydrogen-bond donors (Lipinski definition) is 1. The zero-order chi connectivity index (χ0) is 13.9. The number of fused-ring (bicyclic) bond motifs is 1. The fraction of sp³-hybridized carbons (Fsp3) is 0.235. The summed E-state index contributed by atoms with van der Waals surface area (Å²) in [6, 6.07) is 16.8. The van der Waals surface area contributed by atoms with Crippen LogP contribution in [0.5, 0.6) is 0 Å². The lowest BCUT2D eigenvalue weighted by Crippen LogP contribution is -2.18. The molecule has 0 spiro atoms. The molecule has 1 heterocycles. The van der Waals surface area contributed by atoms with Gasteiger partial charge in [0.25, 0.3) is 0 Å². The maximum absolute atomic E-state index is 6.38. The molecule has 3 heteroatoms. The number of aromatic nitrogens is 2. The summed E-state index contributed by atoms with van der Waals surface area (Å²) in [6.45, 7) is 2.94. The zero-order valence-electron chi connectivity index (χ0n) is 11.7. The van der Waals surface area contributed by atoms with E-state index in [1.807, 2.05) is 16.9 Å². The molecule has 3 aromatic rings. The van der Waals surface area contributed by atoms with Gasteiger partial charge >= 0.3 is 0 Å². The predicted molar refractivity (Wildman–Crippen MR) is 82.5 cm³/mol. The maximum Gasteiger partial charge on any atom is 0.0554 e. The van der Waals surface area contributed by atoms with E-state index in [1.54, 1.807) is 0 Å². The first kappa shape index (κ1) is 12.9. The Hall–Kier alpha value is -2.13. The van der Waals surface area contributed by atoms with Crippen molar-refractivity contribution in [1.82, 2.24) is 9.78 Å². The van der Waals surface area contributed by atoms with E-state index >= 15 is 0 Å². The lowest BCUT2D eigenvalue weighted by Gasteiger charge is -2.15. The molecule has 0 saturated carbocycles. The standard InChI is InChI=1S/C17H19N3/c1-2-20-17(10-11-19-20)16(18)12-14-8-5-7-13-6-3-4-9-15(13)14/h3-11,16H,2,12,18H2,1H3. The van der Waals surface area contributed by atoms with Crippen LogP contribution >= 0.6 is 0 Å². The minimum atomic E-state index is -0.0248. The van der Waals surface area contributed by atoms with Crippen molar-refractivity contribution < 1.29 is 0 Å². The second kappa shape index (κ2) is 5.47. The van der Waals surface area contributed by atoms with Gasteiger partial charge in [0.05, 0.1) is 11.7 Å².